The monoisotopic (exact) mass is 496 g/mol. The van der Waals surface area contributed by atoms with E-state index in [-0.39, 0.29) is 55.5 Å². The molecular formula is C27H36N4O5. The second kappa shape index (κ2) is 12.9. The molecule has 0 fully saturated rings. The summed E-state index contributed by atoms with van der Waals surface area (Å²) in [6, 6.07) is 6.91. The number of likely N-dealkylation sites (N-methyl/N-ethyl adjacent to an activating group) is 1. The van der Waals surface area contributed by atoms with Gasteiger partial charge in [-0.2, -0.15) is 0 Å². The third kappa shape index (κ3) is 7.44. The molecule has 9 heteroatoms. The van der Waals surface area contributed by atoms with Crippen LogP contribution >= 0.6 is 0 Å². The highest BCUT2D eigenvalue weighted by atomic mass is 16.5. The molecular weight excluding hydrogens is 460 g/mol. The first-order valence-electron chi connectivity index (χ1n) is 12.4. The molecule has 1 aromatic carbocycles. The topological polar surface area (TPSA) is 121 Å². The minimum atomic E-state index is -0.825. The van der Waals surface area contributed by atoms with Crippen molar-refractivity contribution in [3.63, 3.8) is 0 Å². The van der Waals surface area contributed by atoms with E-state index in [1.807, 2.05) is 50.4 Å². The van der Waals surface area contributed by atoms with E-state index in [9.17, 15) is 19.2 Å². The van der Waals surface area contributed by atoms with Gasteiger partial charge in [0.25, 0.3) is 0 Å². The number of amides is 3. The molecule has 0 bridgehead atoms. The fourth-order valence-corrected chi connectivity index (χ4v) is 4.30. The van der Waals surface area contributed by atoms with Crippen molar-refractivity contribution in [3.05, 3.63) is 47.7 Å². The highest BCUT2D eigenvalue weighted by Crippen LogP contribution is 2.20. The zero-order valence-electron chi connectivity index (χ0n) is 21.3. The van der Waals surface area contributed by atoms with Gasteiger partial charge in [-0.05, 0) is 37.8 Å². The van der Waals surface area contributed by atoms with Gasteiger partial charge in [-0.15, -0.1) is 0 Å². The van der Waals surface area contributed by atoms with E-state index in [2.05, 4.69) is 15.6 Å². The maximum absolute atomic E-state index is 13.2. The molecule has 3 amide bonds. The van der Waals surface area contributed by atoms with Crippen LogP contribution in [0.4, 0.5) is 0 Å². The molecule has 9 nitrogen and oxygen atoms in total. The number of nitrogens with zero attached hydrogens (tertiary/aromatic N) is 1. The summed E-state index contributed by atoms with van der Waals surface area (Å²) in [7, 11) is 1.56. The normalized spacial score (nSPS) is 23.5. The Bertz CT molecular complexity index is 1120. The van der Waals surface area contributed by atoms with E-state index in [1.54, 1.807) is 7.05 Å². The third-order valence-electron chi connectivity index (χ3n) is 6.47. The Morgan fingerprint density at radius 2 is 1.86 bits per heavy atom. The van der Waals surface area contributed by atoms with Crippen molar-refractivity contribution >= 4 is 34.6 Å². The first-order chi connectivity index (χ1) is 17.3. The van der Waals surface area contributed by atoms with Crippen molar-refractivity contribution in [1.82, 2.24) is 20.5 Å². The number of hydrogen-bond donors (Lipinski definition) is 3. The molecule has 2 heterocycles. The molecule has 1 unspecified atom stereocenters. The maximum Gasteiger partial charge on any atom is 0.307 e. The number of H-pyrrole nitrogens is 1. The van der Waals surface area contributed by atoms with Gasteiger partial charge in [0.2, 0.25) is 17.7 Å². The van der Waals surface area contributed by atoms with Gasteiger partial charge in [0, 0.05) is 43.0 Å². The largest absolute Gasteiger partial charge is 0.466 e. The van der Waals surface area contributed by atoms with Gasteiger partial charge in [-0.25, -0.2) is 0 Å². The maximum atomic E-state index is 13.2. The Balaban J connectivity index is 1.78. The van der Waals surface area contributed by atoms with Crippen LogP contribution in [0.1, 0.15) is 45.1 Å². The number of aromatic amines is 1. The van der Waals surface area contributed by atoms with E-state index in [0.29, 0.717) is 19.4 Å². The molecule has 1 aliphatic rings. The molecule has 0 saturated carbocycles. The Labute approximate surface area is 211 Å². The van der Waals surface area contributed by atoms with Gasteiger partial charge >= 0.3 is 5.97 Å². The van der Waals surface area contributed by atoms with Gasteiger partial charge in [0.15, 0.2) is 0 Å². The Kier molecular flexibility index (Phi) is 9.67. The van der Waals surface area contributed by atoms with E-state index in [1.165, 1.54) is 4.90 Å². The first-order valence-corrected chi connectivity index (χ1v) is 12.4. The Hall–Kier alpha value is -3.62. The fraction of sp³-hybridized carbons (Fsp3) is 0.481. The number of benzene rings is 1. The predicted molar refractivity (Wildman–Crippen MR) is 137 cm³/mol. The zero-order valence-corrected chi connectivity index (χ0v) is 21.3. The van der Waals surface area contributed by atoms with E-state index < -0.39 is 6.04 Å². The molecule has 2 aromatic rings. The van der Waals surface area contributed by atoms with Crippen molar-refractivity contribution in [2.45, 2.75) is 52.0 Å². The van der Waals surface area contributed by atoms with Crippen LogP contribution in [0.3, 0.4) is 0 Å². The molecule has 0 aliphatic carbocycles. The quantitative estimate of drug-likeness (QED) is 0.436. The fourth-order valence-electron chi connectivity index (χ4n) is 4.30. The number of rotatable bonds is 2. The number of esters is 1. The van der Waals surface area contributed by atoms with Crippen molar-refractivity contribution in [3.8, 4) is 0 Å². The second-order valence-electron chi connectivity index (χ2n) is 9.36. The van der Waals surface area contributed by atoms with Crippen LogP contribution in [0.5, 0.6) is 0 Å². The summed E-state index contributed by atoms with van der Waals surface area (Å²) in [5, 5.41) is 6.46. The molecule has 194 valence electrons. The molecule has 1 aromatic heterocycles. The minimum Gasteiger partial charge on any atom is -0.466 e. The van der Waals surface area contributed by atoms with Crippen LogP contribution in [0.2, 0.25) is 0 Å². The van der Waals surface area contributed by atoms with Crippen molar-refractivity contribution < 1.29 is 23.9 Å². The molecule has 3 N–H and O–H groups in total. The number of para-hydroxylation sites is 1. The van der Waals surface area contributed by atoms with Crippen LogP contribution in [0.15, 0.2) is 42.1 Å². The van der Waals surface area contributed by atoms with Crippen molar-refractivity contribution in [2.24, 2.45) is 5.92 Å². The summed E-state index contributed by atoms with van der Waals surface area (Å²) in [5.74, 6) is -1.64. The number of ether oxygens (including phenoxy) is 1. The van der Waals surface area contributed by atoms with Gasteiger partial charge in [-0.3, -0.25) is 19.2 Å². The SMILES string of the molecule is C/C1=C\CCCOC(=O)CCNC(=O)[C@@H](Cc2c[nH]c3ccccc23)N(C)C(=O)CNC(=O)C(C)C1. The van der Waals surface area contributed by atoms with E-state index in [4.69, 9.17) is 4.74 Å². The average Bonchev–Trinajstić information content (AvgIpc) is 3.27. The van der Waals surface area contributed by atoms with Gasteiger partial charge in [0.1, 0.15) is 6.04 Å². The standard InChI is InChI=1S/C27H36N4O5/c1-18-8-6-7-13-36-25(33)11-12-28-27(35)23(15-20-16-29-22-10-5-4-9-21(20)22)31(3)24(32)17-30-26(34)19(2)14-18/h4-5,8-10,16,19,23,29H,6-7,11-15,17H2,1-3H3,(H,28,35)(H,30,34)/b18-8+/t19?,23-/m1/s1. The average molecular weight is 497 g/mol. The highest BCUT2D eigenvalue weighted by molar-refractivity contribution is 5.91. The number of nitrogens with one attached hydrogen (secondary N) is 3. The van der Waals surface area contributed by atoms with Crippen LogP contribution < -0.4 is 10.6 Å². The lowest BCUT2D eigenvalue weighted by atomic mass is 10.0. The third-order valence-corrected chi connectivity index (χ3v) is 6.47. The summed E-state index contributed by atoms with van der Waals surface area (Å²) in [6.45, 7) is 3.99. The lowest BCUT2D eigenvalue weighted by Crippen LogP contribution is -2.51. The summed E-state index contributed by atoms with van der Waals surface area (Å²) in [6.07, 6.45) is 6.19. The summed E-state index contributed by atoms with van der Waals surface area (Å²) >= 11 is 0. The molecule has 2 atom stereocenters. The molecule has 1 aliphatic heterocycles. The van der Waals surface area contributed by atoms with Gasteiger partial charge in [-0.1, -0.05) is 36.8 Å². The van der Waals surface area contributed by atoms with Crippen LogP contribution in [-0.4, -0.2) is 66.4 Å². The number of fused-ring (bicyclic) bond motifs is 1. The second-order valence-corrected chi connectivity index (χ2v) is 9.36. The Morgan fingerprint density at radius 3 is 2.67 bits per heavy atom. The number of allylic oxidation sites excluding steroid dienone is 2. The molecule has 0 saturated heterocycles. The van der Waals surface area contributed by atoms with E-state index >= 15 is 0 Å². The van der Waals surface area contributed by atoms with Crippen LogP contribution in [-0.2, 0) is 30.3 Å². The number of aromatic nitrogens is 1. The number of carbonyl (C=O) groups is 4. The summed E-state index contributed by atoms with van der Waals surface area (Å²) in [4.78, 5) is 55.4. The predicted octanol–water partition coefficient (Wildman–Crippen LogP) is 2.47. The zero-order chi connectivity index (χ0) is 26.1. The number of carbonyl (C=O) groups excluding carboxylic acids is 4. The van der Waals surface area contributed by atoms with Gasteiger partial charge in [0.05, 0.1) is 19.6 Å². The minimum absolute atomic E-state index is 0.0473. The molecule has 0 radical (unpaired) electrons. The Morgan fingerprint density at radius 1 is 1.08 bits per heavy atom. The lowest BCUT2D eigenvalue weighted by molar-refractivity contribution is -0.144. The van der Waals surface area contributed by atoms with E-state index in [0.717, 1.165) is 28.5 Å². The summed E-state index contributed by atoms with van der Waals surface area (Å²) < 4.78 is 5.26. The van der Waals surface area contributed by atoms with Gasteiger partial charge < -0.3 is 25.3 Å². The number of cyclic esters (lactones) is 1. The highest BCUT2D eigenvalue weighted by Gasteiger charge is 2.28. The molecule has 0 spiro atoms. The smallest absolute Gasteiger partial charge is 0.307 e. The van der Waals surface area contributed by atoms with Crippen LogP contribution in [0.25, 0.3) is 10.9 Å². The van der Waals surface area contributed by atoms with Crippen LogP contribution in [0, 0.1) is 5.92 Å². The lowest BCUT2D eigenvalue weighted by Gasteiger charge is -2.28. The number of hydrogen-bond acceptors (Lipinski definition) is 5. The van der Waals surface area contributed by atoms with Crippen molar-refractivity contribution in [2.75, 3.05) is 26.7 Å². The van der Waals surface area contributed by atoms with Crippen molar-refractivity contribution in [1.29, 1.82) is 0 Å². The first kappa shape index (κ1) is 27.0. The summed E-state index contributed by atoms with van der Waals surface area (Å²) in [5.41, 5.74) is 2.90. The molecule has 36 heavy (non-hydrogen) atoms. The molecule has 3 rings (SSSR count).